The largest absolute Gasteiger partial charge is 0.497 e. The van der Waals surface area contributed by atoms with E-state index in [0.717, 1.165) is 29.0 Å². The van der Waals surface area contributed by atoms with E-state index in [1.165, 1.54) is 27.8 Å². The number of esters is 2. The number of halogens is 1. The molecule has 1 aliphatic carbocycles. The molecular formula is C56H59IO6. The minimum atomic E-state index is -0.550. The van der Waals surface area contributed by atoms with Crippen molar-refractivity contribution < 1.29 is 28.5 Å². The second-order valence-corrected chi connectivity index (χ2v) is 19.6. The summed E-state index contributed by atoms with van der Waals surface area (Å²) < 4.78 is 22.4. The Kier molecular flexibility index (Phi) is 15.4. The lowest BCUT2D eigenvalue weighted by Gasteiger charge is -2.38. The number of ether oxygens (including phenoxy) is 4. The van der Waals surface area contributed by atoms with Gasteiger partial charge in [-0.2, -0.15) is 0 Å². The maximum atomic E-state index is 12.3. The predicted molar refractivity (Wildman–Crippen MR) is 263 cm³/mol. The van der Waals surface area contributed by atoms with Gasteiger partial charge in [-0.1, -0.05) is 132 Å². The van der Waals surface area contributed by atoms with Gasteiger partial charge in [0.2, 0.25) is 0 Å². The van der Waals surface area contributed by atoms with E-state index >= 15 is 0 Å². The Morgan fingerprint density at radius 2 is 1.05 bits per heavy atom. The van der Waals surface area contributed by atoms with Crippen LogP contribution in [0, 0.1) is 10.8 Å². The molecule has 0 saturated heterocycles. The summed E-state index contributed by atoms with van der Waals surface area (Å²) in [6, 6.07) is 51.6. The van der Waals surface area contributed by atoms with E-state index in [-0.39, 0.29) is 29.7 Å². The Labute approximate surface area is 387 Å². The number of benzene rings is 6. The summed E-state index contributed by atoms with van der Waals surface area (Å²) in [7, 11) is 3.38. The maximum absolute atomic E-state index is 12.3. The fourth-order valence-corrected chi connectivity index (χ4v) is 9.26. The quantitative estimate of drug-likeness (QED) is 0.0424. The van der Waals surface area contributed by atoms with Gasteiger partial charge in [0.1, 0.15) is 23.0 Å². The van der Waals surface area contributed by atoms with Crippen LogP contribution in [0.2, 0.25) is 0 Å². The van der Waals surface area contributed by atoms with Crippen molar-refractivity contribution in [3.8, 4) is 23.0 Å². The minimum absolute atomic E-state index is 0.0539. The van der Waals surface area contributed by atoms with Gasteiger partial charge in [-0.3, -0.25) is 9.59 Å². The van der Waals surface area contributed by atoms with E-state index < -0.39 is 10.8 Å². The molecule has 6 aromatic carbocycles. The first-order valence-corrected chi connectivity index (χ1v) is 22.7. The summed E-state index contributed by atoms with van der Waals surface area (Å²) in [5, 5.41) is 0. The van der Waals surface area contributed by atoms with Gasteiger partial charge in [-0.05, 0) is 135 Å². The topological polar surface area (TPSA) is 71.1 Å². The van der Waals surface area contributed by atoms with Crippen molar-refractivity contribution in [3.05, 3.63) is 203 Å². The number of rotatable bonds is 11. The molecule has 0 heterocycles. The molecule has 0 aliphatic heterocycles. The van der Waals surface area contributed by atoms with E-state index in [1.807, 2.05) is 114 Å². The molecule has 0 aromatic heterocycles. The molecule has 6 aromatic rings. The number of allylic oxidation sites excluding steroid dienone is 1. The van der Waals surface area contributed by atoms with E-state index in [1.54, 1.807) is 14.2 Å². The Bertz CT molecular complexity index is 2430. The molecular weight excluding hydrogens is 896 g/mol. The molecule has 5 unspecified atom stereocenters. The van der Waals surface area contributed by atoms with Gasteiger partial charge in [-0.15, -0.1) is 6.58 Å². The summed E-state index contributed by atoms with van der Waals surface area (Å²) >= 11 is 2.61. The van der Waals surface area contributed by atoms with Gasteiger partial charge in [-0.25, -0.2) is 0 Å². The van der Waals surface area contributed by atoms with Crippen LogP contribution in [0.3, 0.4) is 0 Å². The zero-order valence-corrected chi connectivity index (χ0v) is 39.8. The SMILES string of the molecule is C=CC(c1ccccc1)C(c1ccc(OC)cc1)c1ccc(OC(=O)C(C)(C)C)cc1.COc1ccc2c(c1)CC(I)C(c1ccccc1)C2c1ccc(OC(=O)C(C)(C)C)cc1. The van der Waals surface area contributed by atoms with Crippen molar-refractivity contribution in [2.45, 2.75) is 75.6 Å². The van der Waals surface area contributed by atoms with Crippen LogP contribution in [0.15, 0.2) is 164 Å². The molecule has 0 N–H and O–H groups in total. The number of hydrogen-bond acceptors (Lipinski definition) is 6. The van der Waals surface area contributed by atoms with Crippen molar-refractivity contribution in [2.75, 3.05) is 14.2 Å². The third-order valence-corrected chi connectivity index (χ3v) is 12.6. The summed E-state index contributed by atoms with van der Waals surface area (Å²) in [5.74, 6) is 3.07. The lowest BCUT2D eigenvalue weighted by molar-refractivity contribution is -0.143. The Hall–Kier alpha value is -5.67. The smallest absolute Gasteiger partial charge is 0.316 e. The Balaban J connectivity index is 0.000000210. The second kappa shape index (κ2) is 20.7. The normalized spacial score (nSPS) is 16.8. The highest BCUT2D eigenvalue weighted by atomic mass is 127. The first-order chi connectivity index (χ1) is 30.1. The number of fused-ring (bicyclic) bond motifs is 1. The number of methoxy groups -OCH3 is 2. The van der Waals surface area contributed by atoms with Crippen molar-refractivity contribution in [1.82, 2.24) is 0 Å². The predicted octanol–water partition coefficient (Wildman–Crippen LogP) is 13.7. The lowest BCUT2D eigenvalue weighted by Crippen LogP contribution is -2.29. The van der Waals surface area contributed by atoms with E-state index in [4.69, 9.17) is 18.9 Å². The Morgan fingerprint density at radius 1 is 0.587 bits per heavy atom. The van der Waals surface area contributed by atoms with Gasteiger partial charge < -0.3 is 18.9 Å². The molecule has 0 bridgehead atoms. The van der Waals surface area contributed by atoms with E-state index in [9.17, 15) is 9.59 Å². The van der Waals surface area contributed by atoms with Crippen LogP contribution in [-0.2, 0) is 16.0 Å². The molecule has 6 nitrogen and oxygen atoms in total. The Morgan fingerprint density at radius 3 is 1.52 bits per heavy atom. The third kappa shape index (κ3) is 11.7. The summed E-state index contributed by atoms with van der Waals surface area (Å²) in [6.45, 7) is 15.3. The standard InChI is InChI=1S/C28H29IO3.C28H30O3/c1-28(2,3)27(30)32-21-12-10-19(11-13-21)25-23-15-14-22(31-4)16-20(23)17-24(29)26(25)18-8-6-5-7-9-18;1-6-25(20-10-8-7-9-11-20)26(21-12-16-23(30-5)17-13-21)22-14-18-24(19-15-22)31-27(29)28(2,3)4/h5-16,24-26H,17H2,1-4H3;6-19,25-26H,1H2,2-5H3. The molecule has 1 aliphatic rings. The molecule has 0 spiro atoms. The van der Waals surface area contributed by atoms with Crippen LogP contribution in [0.5, 0.6) is 23.0 Å². The molecule has 5 atom stereocenters. The number of hydrogen-bond donors (Lipinski definition) is 0. The van der Waals surface area contributed by atoms with Crippen LogP contribution in [0.4, 0.5) is 0 Å². The molecule has 63 heavy (non-hydrogen) atoms. The lowest BCUT2D eigenvalue weighted by atomic mass is 9.69. The van der Waals surface area contributed by atoms with E-state index in [2.05, 4.69) is 114 Å². The van der Waals surface area contributed by atoms with Crippen LogP contribution in [0.1, 0.15) is 104 Å². The first kappa shape index (κ1) is 46.8. The summed E-state index contributed by atoms with van der Waals surface area (Å²) in [5.41, 5.74) is 7.64. The molecule has 7 heteroatoms. The van der Waals surface area contributed by atoms with Crippen LogP contribution in [0.25, 0.3) is 0 Å². The van der Waals surface area contributed by atoms with Crippen LogP contribution < -0.4 is 18.9 Å². The average molecular weight is 955 g/mol. The number of carbonyl (C=O) groups is 2. The number of carbonyl (C=O) groups excluding carboxylic acids is 2. The fourth-order valence-electron chi connectivity index (χ4n) is 7.96. The molecule has 0 fully saturated rings. The van der Waals surface area contributed by atoms with Gasteiger partial charge in [0.15, 0.2) is 0 Å². The highest BCUT2D eigenvalue weighted by Crippen LogP contribution is 2.50. The zero-order valence-electron chi connectivity index (χ0n) is 37.6. The fraction of sp³-hybridized carbons (Fsp3) is 0.286. The average Bonchev–Trinajstić information content (AvgIpc) is 3.28. The molecule has 0 saturated carbocycles. The minimum Gasteiger partial charge on any atom is -0.497 e. The van der Waals surface area contributed by atoms with Crippen molar-refractivity contribution >= 4 is 34.5 Å². The van der Waals surface area contributed by atoms with Gasteiger partial charge in [0.05, 0.1) is 25.0 Å². The molecule has 326 valence electrons. The zero-order chi connectivity index (χ0) is 45.3. The third-order valence-electron chi connectivity index (χ3n) is 11.4. The van der Waals surface area contributed by atoms with Crippen LogP contribution >= 0.6 is 22.6 Å². The van der Waals surface area contributed by atoms with Crippen molar-refractivity contribution in [1.29, 1.82) is 0 Å². The molecule has 0 amide bonds. The first-order valence-electron chi connectivity index (χ1n) is 21.4. The molecule has 0 radical (unpaired) electrons. The van der Waals surface area contributed by atoms with Crippen molar-refractivity contribution in [2.24, 2.45) is 10.8 Å². The molecule has 7 rings (SSSR count). The maximum Gasteiger partial charge on any atom is 0.316 e. The highest BCUT2D eigenvalue weighted by molar-refractivity contribution is 14.1. The monoisotopic (exact) mass is 954 g/mol. The highest BCUT2D eigenvalue weighted by Gasteiger charge is 2.38. The van der Waals surface area contributed by atoms with Gasteiger partial charge in [0.25, 0.3) is 0 Å². The number of alkyl halides is 1. The van der Waals surface area contributed by atoms with Crippen molar-refractivity contribution in [3.63, 3.8) is 0 Å². The van der Waals surface area contributed by atoms with Crippen LogP contribution in [-0.4, -0.2) is 30.1 Å². The van der Waals surface area contributed by atoms with E-state index in [0.29, 0.717) is 21.3 Å². The summed E-state index contributed by atoms with van der Waals surface area (Å²) in [6.07, 6.45) is 3.00. The van der Waals surface area contributed by atoms with Gasteiger partial charge >= 0.3 is 11.9 Å². The summed E-state index contributed by atoms with van der Waals surface area (Å²) in [4.78, 5) is 24.5. The second-order valence-electron chi connectivity index (χ2n) is 18.0. The van der Waals surface area contributed by atoms with Gasteiger partial charge in [0, 0.05) is 27.6 Å².